The van der Waals surface area contributed by atoms with E-state index in [0.717, 1.165) is 24.7 Å². The van der Waals surface area contributed by atoms with Crippen molar-refractivity contribution in [3.05, 3.63) is 22.8 Å². The van der Waals surface area contributed by atoms with Gasteiger partial charge in [0.25, 0.3) is 0 Å². The fraction of sp³-hybridized carbons (Fsp3) is 0.500. The number of nitrogens with zero attached hydrogens (tertiary/aromatic N) is 2. The van der Waals surface area contributed by atoms with Crippen LogP contribution in [-0.2, 0) is 6.54 Å². The van der Waals surface area contributed by atoms with Crippen molar-refractivity contribution in [1.29, 1.82) is 0 Å². The molecule has 0 atom stereocenters. The van der Waals surface area contributed by atoms with Gasteiger partial charge in [-0.2, -0.15) is 0 Å². The molecule has 1 rings (SSSR count). The molecular formula is C12H20N2. The first-order valence-electron chi connectivity index (χ1n) is 5.14. The van der Waals surface area contributed by atoms with Crippen LogP contribution in [0.5, 0.6) is 0 Å². The van der Waals surface area contributed by atoms with Gasteiger partial charge in [-0.3, -0.25) is 0 Å². The molecule has 0 aliphatic carbocycles. The predicted molar refractivity (Wildman–Crippen MR) is 62.5 cm³/mol. The molecule has 1 aromatic rings. The fourth-order valence-corrected chi connectivity index (χ4v) is 1.47. The topological polar surface area (TPSA) is 8.17 Å². The van der Waals surface area contributed by atoms with Crippen molar-refractivity contribution >= 4 is 12.7 Å². The quantitative estimate of drug-likeness (QED) is 0.680. The monoisotopic (exact) mass is 192 g/mol. The van der Waals surface area contributed by atoms with E-state index in [-0.39, 0.29) is 0 Å². The molecule has 0 saturated heterocycles. The summed E-state index contributed by atoms with van der Waals surface area (Å²) in [6, 6.07) is 2.08. The van der Waals surface area contributed by atoms with E-state index in [1.54, 1.807) is 0 Å². The van der Waals surface area contributed by atoms with Crippen LogP contribution >= 0.6 is 0 Å². The lowest BCUT2D eigenvalue weighted by Crippen LogP contribution is -2.30. The Hall–Kier alpha value is -1.02. The Morgan fingerprint density at radius 3 is 2.79 bits per heavy atom. The van der Waals surface area contributed by atoms with Crippen LogP contribution in [0.15, 0.2) is 12.3 Å². The first kappa shape index (κ1) is 11.1. The Balaban J connectivity index is 2.87. The summed E-state index contributed by atoms with van der Waals surface area (Å²) in [6.45, 7) is 8.28. The summed E-state index contributed by atoms with van der Waals surface area (Å²) >= 11 is 0. The zero-order valence-electron chi connectivity index (χ0n) is 9.45. The van der Waals surface area contributed by atoms with Crippen molar-refractivity contribution in [1.82, 2.24) is 9.47 Å². The van der Waals surface area contributed by atoms with Gasteiger partial charge in [-0.15, -0.1) is 0 Å². The number of rotatable bonds is 4. The van der Waals surface area contributed by atoms with Gasteiger partial charge in [0.15, 0.2) is 0 Å². The highest BCUT2D eigenvalue weighted by molar-refractivity contribution is 5.22. The molecule has 1 aromatic heterocycles. The molecule has 0 radical (unpaired) electrons. The highest BCUT2D eigenvalue weighted by Gasteiger charge is 1.95. The third-order valence-electron chi connectivity index (χ3n) is 2.28. The summed E-state index contributed by atoms with van der Waals surface area (Å²) < 4.78 is 2.27. The highest BCUT2D eigenvalue weighted by atomic mass is 15.1. The van der Waals surface area contributed by atoms with Gasteiger partial charge in [-0.1, -0.05) is 19.6 Å². The van der Waals surface area contributed by atoms with Gasteiger partial charge in [0.1, 0.15) is 0 Å². The average molecular weight is 192 g/mol. The highest BCUT2D eigenvalue weighted by Crippen LogP contribution is 1.83. The molecular weight excluding hydrogens is 172 g/mol. The van der Waals surface area contributed by atoms with Gasteiger partial charge in [-0.25, -0.2) is 0 Å². The molecule has 14 heavy (non-hydrogen) atoms. The normalized spacial score (nSPS) is 12.7. The molecule has 0 unspecified atom stereocenters. The Morgan fingerprint density at radius 2 is 2.21 bits per heavy atom. The van der Waals surface area contributed by atoms with Crippen molar-refractivity contribution in [2.24, 2.45) is 0 Å². The molecule has 78 valence electrons. The minimum atomic E-state index is 1.04. The Labute approximate surface area is 86.2 Å². The second kappa shape index (κ2) is 5.01. The molecule has 2 heteroatoms. The first-order chi connectivity index (χ1) is 6.65. The van der Waals surface area contributed by atoms with Gasteiger partial charge in [0.05, 0.1) is 0 Å². The Kier molecular flexibility index (Phi) is 3.96. The summed E-state index contributed by atoms with van der Waals surface area (Å²) in [5, 5.41) is 2.40. The minimum absolute atomic E-state index is 1.04. The van der Waals surface area contributed by atoms with Crippen LogP contribution in [0, 0.1) is 0 Å². The fourth-order valence-electron chi connectivity index (χ4n) is 1.47. The molecule has 0 aromatic carbocycles. The lowest BCUT2D eigenvalue weighted by molar-refractivity contribution is 0.382. The van der Waals surface area contributed by atoms with Crippen LogP contribution in [-0.4, -0.2) is 30.1 Å². The van der Waals surface area contributed by atoms with Crippen LogP contribution in [0.2, 0.25) is 0 Å². The molecule has 0 spiro atoms. The van der Waals surface area contributed by atoms with Crippen LogP contribution in [0.1, 0.15) is 13.3 Å². The molecule has 0 aliphatic heterocycles. The molecule has 2 nitrogen and oxygen atoms in total. The van der Waals surface area contributed by atoms with Gasteiger partial charge < -0.3 is 9.47 Å². The van der Waals surface area contributed by atoms with Crippen LogP contribution in [0.25, 0.3) is 12.7 Å². The van der Waals surface area contributed by atoms with E-state index >= 15 is 0 Å². The molecule has 0 saturated carbocycles. The van der Waals surface area contributed by atoms with E-state index in [1.165, 1.54) is 5.35 Å². The minimum Gasteiger partial charge on any atom is -0.346 e. The number of aromatic nitrogens is 1. The standard InChI is InChI=1S/C12H20N2/c1-5-6-12-11(2)7-8-14(12)10-9-13(3)4/h6-8H,2,5,9-10H2,1,3-4H3/b12-6+. The number of likely N-dealkylation sites (N-methyl/N-ethyl adjacent to an activating group) is 1. The maximum atomic E-state index is 4.02. The maximum absolute atomic E-state index is 4.02. The van der Waals surface area contributed by atoms with E-state index in [4.69, 9.17) is 0 Å². The molecule has 1 heterocycles. The van der Waals surface area contributed by atoms with E-state index in [9.17, 15) is 0 Å². The molecule has 0 fully saturated rings. The largest absolute Gasteiger partial charge is 0.346 e. The summed E-state index contributed by atoms with van der Waals surface area (Å²) in [5.41, 5.74) is 0. The third-order valence-corrected chi connectivity index (χ3v) is 2.28. The third kappa shape index (κ3) is 2.74. The average Bonchev–Trinajstić information content (AvgIpc) is 2.46. The van der Waals surface area contributed by atoms with E-state index in [1.807, 2.05) is 0 Å². The van der Waals surface area contributed by atoms with E-state index in [2.05, 4.69) is 55.4 Å². The predicted octanol–water partition coefficient (Wildman–Crippen LogP) is 0.651. The number of hydrogen-bond donors (Lipinski definition) is 0. The van der Waals surface area contributed by atoms with Crippen molar-refractivity contribution in [3.63, 3.8) is 0 Å². The summed E-state index contributed by atoms with van der Waals surface area (Å²) in [6.07, 6.45) is 5.42. The SMILES string of the molecule is C=c1ccn(CCN(C)C)/c1=C/CC. The van der Waals surface area contributed by atoms with Crippen LogP contribution in [0.3, 0.4) is 0 Å². The molecule has 0 bridgehead atoms. The molecule has 0 amide bonds. The van der Waals surface area contributed by atoms with Gasteiger partial charge in [-0.05, 0) is 31.8 Å². The van der Waals surface area contributed by atoms with Gasteiger partial charge in [0.2, 0.25) is 0 Å². The second-order valence-electron chi connectivity index (χ2n) is 3.84. The van der Waals surface area contributed by atoms with Crippen molar-refractivity contribution in [2.75, 3.05) is 20.6 Å². The summed E-state index contributed by atoms with van der Waals surface area (Å²) in [7, 11) is 4.19. The number of hydrogen-bond acceptors (Lipinski definition) is 1. The molecule has 0 aliphatic rings. The van der Waals surface area contributed by atoms with Crippen molar-refractivity contribution in [3.8, 4) is 0 Å². The van der Waals surface area contributed by atoms with Crippen LogP contribution in [0.4, 0.5) is 0 Å². The van der Waals surface area contributed by atoms with Crippen molar-refractivity contribution in [2.45, 2.75) is 19.9 Å². The van der Waals surface area contributed by atoms with E-state index < -0.39 is 0 Å². The van der Waals surface area contributed by atoms with Crippen LogP contribution < -0.4 is 10.6 Å². The maximum Gasteiger partial charge on any atom is 0.0434 e. The lowest BCUT2D eigenvalue weighted by Gasteiger charge is -2.10. The summed E-state index contributed by atoms with van der Waals surface area (Å²) in [4.78, 5) is 2.19. The summed E-state index contributed by atoms with van der Waals surface area (Å²) in [5.74, 6) is 0. The zero-order chi connectivity index (χ0) is 10.6. The Morgan fingerprint density at radius 1 is 1.50 bits per heavy atom. The lowest BCUT2D eigenvalue weighted by atomic mass is 10.3. The van der Waals surface area contributed by atoms with Gasteiger partial charge in [0, 0.05) is 24.6 Å². The van der Waals surface area contributed by atoms with Crippen molar-refractivity contribution < 1.29 is 0 Å². The smallest absolute Gasteiger partial charge is 0.0434 e. The Bertz CT molecular complexity index is 374. The first-order valence-corrected chi connectivity index (χ1v) is 5.14. The zero-order valence-corrected chi connectivity index (χ0v) is 9.45. The van der Waals surface area contributed by atoms with E-state index in [0.29, 0.717) is 0 Å². The molecule has 0 N–H and O–H groups in total. The second-order valence-corrected chi connectivity index (χ2v) is 3.84. The van der Waals surface area contributed by atoms with Gasteiger partial charge >= 0.3 is 0 Å².